The van der Waals surface area contributed by atoms with Gasteiger partial charge in [-0.1, -0.05) is 97.1 Å². The van der Waals surface area contributed by atoms with Crippen molar-refractivity contribution in [3.63, 3.8) is 0 Å². The van der Waals surface area contributed by atoms with E-state index in [-0.39, 0.29) is 0 Å². The molecule has 0 rings (SSSR count). The third-order valence-electron chi connectivity index (χ3n) is 3.77. The molecule has 0 aliphatic carbocycles. The monoisotopic (exact) mass is 264 g/mol. The van der Waals surface area contributed by atoms with E-state index in [9.17, 15) is 0 Å². The molecule has 0 aromatic rings. The van der Waals surface area contributed by atoms with Crippen LogP contribution in [0.1, 0.15) is 90.4 Å². The minimum absolute atomic E-state index is 0.865. The van der Waals surface area contributed by atoms with E-state index in [1.807, 2.05) is 0 Å². The van der Waals surface area contributed by atoms with E-state index in [1.165, 1.54) is 70.6 Å². The van der Waals surface area contributed by atoms with Crippen molar-refractivity contribution in [2.75, 3.05) is 0 Å². The van der Waals surface area contributed by atoms with Gasteiger partial charge in [-0.15, -0.1) is 0 Å². The lowest BCUT2D eigenvalue weighted by atomic mass is 9.98. The first-order valence-corrected chi connectivity index (χ1v) is 8.54. The summed E-state index contributed by atoms with van der Waals surface area (Å²) in [6.45, 7) is 10.2. The molecule has 0 nitrogen and oxygen atoms in total. The average Bonchev–Trinajstić information content (AvgIpc) is 2.41. The van der Waals surface area contributed by atoms with Crippen LogP contribution in [0.15, 0.2) is 12.2 Å². The number of hydrogen-bond acceptors (Lipinski definition) is 0. The van der Waals surface area contributed by atoms with Gasteiger partial charge in [-0.25, -0.2) is 0 Å². The maximum atomic E-state index is 3.89. The summed E-state index contributed by atoms with van der Waals surface area (Å²) in [6, 6.07) is 0. The van der Waals surface area contributed by atoms with Crippen LogP contribution in [0.25, 0.3) is 0 Å². The molecule has 0 amide bonds. The van der Waals surface area contributed by atoms with Gasteiger partial charge in [-0.05, 0) is 25.2 Å². The smallest absolute Gasteiger partial charge is 0.0325 e. The SMILES string of the molecule is [CH2]CCCCC/C=C/CC(C)CCCCCCC[CH2]. The molecule has 0 heteroatoms. The minimum atomic E-state index is 0.865. The quantitative estimate of drug-likeness (QED) is 0.236. The summed E-state index contributed by atoms with van der Waals surface area (Å²) >= 11 is 0. The largest absolute Gasteiger partial charge is 0.0885 e. The predicted molar refractivity (Wildman–Crippen MR) is 89.0 cm³/mol. The molecule has 1 unspecified atom stereocenters. The zero-order valence-electron chi connectivity index (χ0n) is 13.3. The summed E-state index contributed by atoms with van der Waals surface area (Å²) in [6.07, 6.45) is 21.8. The Bertz CT molecular complexity index is 180. The molecular formula is C19H36. The van der Waals surface area contributed by atoms with Gasteiger partial charge >= 0.3 is 0 Å². The Morgan fingerprint density at radius 2 is 1.32 bits per heavy atom. The molecule has 112 valence electrons. The van der Waals surface area contributed by atoms with Gasteiger partial charge < -0.3 is 0 Å². The molecule has 0 aliphatic heterocycles. The van der Waals surface area contributed by atoms with Crippen molar-refractivity contribution in [3.05, 3.63) is 26.0 Å². The van der Waals surface area contributed by atoms with Crippen LogP contribution in [0, 0.1) is 19.8 Å². The van der Waals surface area contributed by atoms with Crippen molar-refractivity contribution < 1.29 is 0 Å². The second-order valence-corrected chi connectivity index (χ2v) is 5.93. The molecule has 0 aromatic heterocycles. The second kappa shape index (κ2) is 15.8. The molecular weight excluding hydrogens is 228 g/mol. The topological polar surface area (TPSA) is 0 Å². The molecule has 2 radical (unpaired) electrons. The fourth-order valence-electron chi connectivity index (χ4n) is 2.38. The normalized spacial score (nSPS) is 13.2. The van der Waals surface area contributed by atoms with Gasteiger partial charge in [0.2, 0.25) is 0 Å². The van der Waals surface area contributed by atoms with Gasteiger partial charge in [0.25, 0.3) is 0 Å². The molecule has 0 aromatic carbocycles. The van der Waals surface area contributed by atoms with E-state index < -0.39 is 0 Å². The molecule has 0 spiro atoms. The Morgan fingerprint density at radius 3 is 2.00 bits per heavy atom. The standard InChI is InChI=1S/C19H36/c1-4-6-8-10-12-14-16-18-19(3)17-15-13-11-9-7-5-2/h14,16,19H,1-2,4-13,15,17-18H2,3H3/b16-14+. The van der Waals surface area contributed by atoms with Gasteiger partial charge in [0.1, 0.15) is 0 Å². The highest BCUT2D eigenvalue weighted by atomic mass is 14.0. The first-order chi connectivity index (χ1) is 9.31. The lowest BCUT2D eigenvalue weighted by Crippen LogP contribution is -1.92. The van der Waals surface area contributed by atoms with Crippen LogP contribution in [0.5, 0.6) is 0 Å². The van der Waals surface area contributed by atoms with Crippen molar-refractivity contribution in [2.24, 2.45) is 5.92 Å². The maximum Gasteiger partial charge on any atom is -0.0325 e. The fraction of sp³-hybridized carbons (Fsp3) is 0.789. The highest BCUT2D eigenvalue weighted by Crippen LogP contribution is 2.15. The van der Waals surface area contributed by atoms with Crippen LogP contribution in [0.3, 0.4) is 0 Å². The Hall–Kier alpha value is -0.260. The third-order valence-corrected chi connectivity index (χ3v) is 3.77. The Balaban J connectivity index is 3.24. The molecule has 0 bridgehead atoms. The Morgan fingerprint density at radius 1 is 0.737 bits per heavy atom. The zero-order chi connectivity index (χ0) is 14.2. The van der Waals surface area contributed by atoms with E-state index in [1.54, 1.807) is 0 Å². The lowest BCUT2D eigenvalue weighted by molar-refractivity contribution is 0.488. The number of hydrogen-bond donors (Lipinski definition) is 0. The van der Waals surface area contributed by atoms with Gasteiger partial charge in [-0.2, -0.15) is 0 Å². The maximum absolute atomic E-state index is 3.89. The van der Waals surface area contributed by atoms with Gasteiger partial charge in [0.05, 0.1) is 0 Å². The van der Waals surface area contributed by atoms with Crippen LogP contribution in [0.2, 0.25) is 0 Å². The molecule has 0 saturated carbocycles. The summed E-state index contributed by atoms with van der Waals surface area (Å²) in [4.78, 5) is 0. The average molecular weight is 264 g/mol. The molecule has 1 atom stereocenters. The van der Waals surface area contributed by atoms with Crippen LogP contribution >= 0.6 is 0 Å². The van der Waals surface area contributed by atoms with Crippen molar-refractivity contribution in [2.45, 2.75) is 90.4 Å². The van der Waals surface area contributed by atoms with Crippen molar-refractivity contribution in [1.29, 1.82) is 0 Å². The van der Waals surface area contributed by atoms with E-state index in [0.717, 1.165) is 18.8 Å². The molecule has 0 aliphatic rings. The van der Waals surface area contributed by atoms with Crippen LogP contribution in [-0.4, -0.2) is 0 Å². The summed E-state index contributed by atoms with van der Waals surface area (Å²) in [5.41, 5.74) is 0. The number of unbranched alkanes of at least 4 members (excludes halogenated alkanes) is 9. The Kier molecular flexibility index (Phi) is 15.6. The van der Waals surface area contributed by atoms with E-state index in [2.05, 4.69) is 32.9 Å². The van der Waals surface area contributed by atoms with E-state index >= 15 is 0 Å². The van der Waals surface area contributed by atoms with Gasteiger partial charge in [0, 0.05) is 0 Å². The molecule has 19 heavy (non-hydrogen) atoms. The van der Waals surface area contributed by atoms with Gasteiger partial charge in [0.15, 0.2) is 0 Å². The van der Waals surface area contributed by atoms with Crippen LogP contribution in [-0.2, 0) is 0 Å². The summed E-state index contributed by atoms with van der Waals surface area (Å²) in [5, 5.41) is 0. The first-order valence-electron chi connectivity index (χ1n) is 8.54. The van der Waals surface area contributed by atoms with Crippen molar-refractivity contribution in [1.82, 2.24) is 0 Å². The number of allylic oxidation sites excluding steroid dienone is 2. The summed E-state index contributed by atoms with van der Waals surface area (Å²) in [5.74, 6) is 0.865. The molecule has 0 saturated heterocycles. The lowest BCUT2D eigenvalue weighted by Gasteiger charge is -2.08. The van der Waals surface area contributed by atoms with E-state index in [0.29, 0.717) is 0 Å². The molecule has 0 N–H and O–H groups in total. The zero-order valence-corrected chi connectivity index (χ0v) is 13.3. The highest BCUT2D eigenvalue weighted by Gasteiger charge is 1.99. The molecule has 0 heterocycles. The third kappa shape index (κ3) is 15.7. The Labute approximate surface area is 123 Å². The number of rotatable bonds is 14. The van der Waals surface area contributed by atoms with Crippen LogP contribution < -0.4 is 0 Å². The fourth-order valence-corrected chi connectivity index (χ4v) is 2.38. The van der Waals surface area contributed by atoms with Crippen molar-refractivity contribution in [3.8, 4) is 0 Å². The van der Waals surface area contributed by atoms with Gasteiger partial charge in [-0.3, -0.25) is 0 Å². The summed E-state index contributed by atoms with van der Waals surface area (Å²) in [7, 11) is 0. The second-order valence-electron chi connectivity index (χ2n) is 5.93. The minimum Gasteiger partial charge on any atom is -0.0885 e. The van der Waals surface area contributed by atoms with E-state index in [4.69, 9.17) is 0 Å². The predicted octanol–water partition coefficient (Wildman–Crippen LogP) is 6.92. The summed E-state index contributed by atoms with van der Waals surface area (Å²) < 4.78 is 0. The highest BCUT2D eigenvalue weighted by molar-refractivity contribution is 4.83. The first kappa shape index (κ1) is 18.7. The molecule has 0 fully saturated rings. The van der Waals surface area contributed by atoms with Crippen molar-refractivity contribution >= 4 is 0 Å². The van der Waals surface area contributed by atoms with Crippen LogP contribution in [0.4, 0.5) is 0 Å².